The van der Waals surface area contributed by atoms with Crippen molar-refractivity contribution in [3.05, 3.63) is 29.8 Å². The van der Waals surface area contributed by atoms with Gasteiger partial charge in [0, 0.05) is 38.4 Å². The Morgan fingerprint density at radius 3 is 2.73 bits per heavy atom. The van der Waals surface area contributed by atoms with Gasteiger partial charge in [0.2, 0.25) is 5.91 Å². The van der Waals surface area contributed by atoms with E-state index in [4.69, 9.17) is 4.74 Å². The van der Waals surface area contributed by atoms with E-state index < -0.39 is 11.6 Å². The van der Waals surface area contributed by atoms with Gasteiger partial charge in [-0.3, -0.25) is 4.79 Å². The molecule has 2 rings (SSSR count). The summed E-state index contributed by atoms with van der Waals surface area (Å²) in [5, 5.41) is 3.02. The van der Waals surface area contributed by atoms with Crippen molar-refractivity contribution < 1.29 is 18.3 Å². The predicted octanol–water partition coefficient (Wildman–Crippen LogP) is 2.33. The van der Waals surface area contributed by atoms with Gasteiger partial charge in [0.05, 0.1) is 0 Å². The van der Waals surface area contributed by atoms with Crippen molar-refractivity contribution in [1.29, 1.82) is 0 Å². The number of rotatable bonds is 6. The third kappa shape index (κ3) is 4.66. The molecule has 4 nitrogen and oxygen atoms in total. The first kappa shape index (κ1) is 16.7. The molecule has 122 valence electrons. The Morgan fingerprint density at radius 2 is 2.09 bits per heavy atom. The van der Waals surface area contributed by atoms with Gasteiger partial charge in [-0.05, 0) is 32.1 Å². The smallest absolute Gasteiger partial charge is 0.222 e. The van der Waals surface area contributed by atoms with E-state index in [2.05, 4.69) is 5.32 Å². The van der Waals surface area contributed by atoms with Crippen LogP contribution in [-0.4, -0.2) is 43.6 Å². The zero-order chi connectivity index (χ0) is 15.9. The van der Waals surface area contributed by atoms with E-state index in [-0.39, 0.29) is 17.8 Å². The molecule has 0 bridgehead atoms. The number of piperidine rings is 1. The maximum absolute atomic E-state index is 13.5. The maximum Gasteiger partial charge on any atom is 0.222 e. The average Bonchev–Trinajstić information content (AvgIpc) is 2.51. The van der Waals surface area contributed by atoms with Gasteiger partial charge < -0.3 is 15.0 Å². The van der Waals surface area contributed by atoms with Gasteiger partial charge >= 0.3 is 0 Å². The minimum atomic E-state index is -0.689. The van der Waals surface area contributed by atoms with Crippen LogP contribution in [0.15, 0.2) is 18.2 Å². The molecular formula is C16H22F2N2O2. The second-order valence-electron chi connectivity index (χ2n) is 5.48. The number of halogens is 2. The molecule has 0 unspecified atom stereocenters. The van der Waals surface area contributed by atoms with Crippen molar-refractivity contribution in [3.63, 3.8) is 0 Å². The number of nitrogens with one attached hydrogen (secondary N) is 1. The molecule has 0 aromatic heterocycles. The fourth-order valence-corrected chi connectivity index (χ4v) is 2.55. The third-order valence-corrected chi connectivity index (χ3v) is 3.80. The second-order valence-corrected chi connectivity index (χ2v) is 5.48. The summed E-state index contributed by atoms with van der Waals surface area (Å²) in [6, 6.07) is 3.30. The van der Waals surface area contributed by atoms with Crippen LogP contribution < -0.4 is 10.1 Å². The van der Waals surface area contributed by atoms with E-state index in [1.165, 1.54) is 12.1 Å². The second kappa shape index (κ2) is 8.08. The van der Waals surface area contributed by atoms with Crippen molar-refractivity contribution in [3.8, 4) is 5.75 Å². The van der Waals surface area contributed by atoms with Crippen LogP contribution in [0.2, 0.25) is 0 Å². The number of hydrogen-bond donors (Lipinski definition) is 1. The highest BCUT2D eigenvalue weighted by Crippen LogP contribution is 2.23. The first-order valence-corrected chi connectivity index (χ1v) is 7.64. The Morgan fingerprint density at radius 1 is 1.36 bits per heavy atom. The summed E-state index contributed by atoms with van der Waals surface area (Å²) in [5.41, 5.74) is 0. The van der Waals surface area contributed by atoms with Crippen LogP contribution in [0.5, 0.6) is 5.75 Å². The van der Waals surface area contributed by atoms with Gasteiger partial charge in [-0.2, -0.15) is 0 Å². The van der Waals surface area contributed by atoms with Crippen molar-refractivity contribution in [2.45, 2.75) is 31.8 Å². The SMILES string of the molecule is CNCCCC(=O)N1CCC(Oc2ccc(F)cc2F)CC1. The molecule has 1 aromatic rings. The highest BCUT2D eigenvalue weighted by Gasteiger charge is 2.24. The van der Waals surface area contributed by atoms with Crippen LogP contribution in [0, 0.1) is 11.6 Å². The van der Waals surface area contributed by atoms with E-state index >= 15 is 0 Å². The number of hydrogen-bond acceptors (Lipinski definition) is 3. The first-order valence-electron chi connectivity index (χ1n) is 7.64. The molecule has 22 heavy (non-hydrogen) atoms. The van der Waals surface area contributed by atoms with Gasteiger partial charge in [-0.15, -0.1) is 0 Å². The number of carbonyl (C=O) groups excluding carboxylic acids is 1. The van der Waals surface area contributed by atoms with Crippen LogP contribution in [-0.2, 0) is 4.79 Å². The Balaban J connectivity index is 1.78. The van der Waals surface area contributed by atoms with Gasteiger partial charge in [-0.1, -0.05) is 0 Å². The molecule has 0 saturated carbocycles. The van der Waals surface area contributed by atoms with Crippen LogP contribution >= 0.6 is 0 Å². The Labute approximate surface area is 129 Å². The van der Waals surface area contributed by atoms with Crippen LogP contribution in [0.4, 0.5) is 8.78 Å². The fourth-order valence-electron chi connectivity index (χ4n) is 2.55. The molecule has 1 heterocycles. The lowest BCUT2D eigenvalue weighted by Gasteiger charge is -2.32. The van der Waals surface area contributed by atoms with E-state index in [9.17, 15) is 13.6 Å². The summed E-state index contributed by atoms with van der Waals surface area (Å²) in [7, 11) is 1.86. The third-order valence-electron chi connectivity index (χ3n) is 3.80. The number of likely N-dealkylation sites (tertiary alicyclic amines) is 1. The highest BCUT2D eigenvalue weighted by atomic mass is 19.1. The van der Waals surface area contributed by atoms with Crippen molar-refractivity contribution in [2.24, 2.45) is 0 Å². The number of nitrogens with zero attached hydrogens (tertiary/aromatic N) is 1. The predicted molar refractivity (Wildman–Crippen MR) is 79.7 cm³/mol. The minimum absolute atomic E-state index is 0.0696. The molecule has 1 saturated heterocycles. The normalized spacial score (nSPS) is 15.9. The number of ether oxygens (including phenoxy) is 1. The Hall–Kier alpha value is -1.69. The lowest BCUT2D eigenvalue weighted by molar-refractivity contribution is -0.133. The lowest BCUT2D eigenvalue weighted by atomic mass is 10.1. The van der Waals surface area contributed by atoms with E-state index in [0.717, 1.165) is 19.0 Å². The average molecular weight is 312 g/mol. The van der Waals surface area contributed by atoms with Gasteiger partial charge in [0.1, 0.15) is 11.9 Å². The standard InChI is InChI=1S/C16H22F2N2O2/c1-19-8-2-3-16(21)20-9-6-13(7-10-20)22-15-5-4-12(17)11-14(15)18/h4-5,11,13,19H,2-3,6-10H2,1H3. The fraction of sp³-hybridized carbons (Fsp3) is 0.562. The monoisotopic (exact) mass is 312 g/mol. The van der Waals surface area contributed by atoms with Crippen molar-refractivity contribution in [1.82, 2.24) is 10.2 Å². The summed E-state index contributed by atoms with van der Waals surface area (Å²) in [4.78, 5) is 13.8. The lowest BCUT2D eigenvalue weighted by Crippen LogP contribution is -2.41. The minimum Gasteiger partial charge on any atom is -0.487 e. The van der Waals surface area contributed by atoms with Gasteiger partial charge in [0.15, 0.2) is 11.6 Å². The van der Waals surface area contributed by atoms with Crippen LogP contribution in [0.1, 0.15) is 25.7 Å². The zero-order valence-corrected chi connectivity index (χ0v) is 12.8. The van der Waals surface area contributed by atoms with E-state index in [0.29, 0.717) is 32.4 Å². The molecular weight excluding hydrogens is 290 g/mol. The summed E-state index contributed by atoms with van der Waals surface area (Å²) in [6.45, 7) is 2.06. The largest absolute Gasteiger partial charge is 0.487 e. The molecule has 1 fully saturated rings. The molecule has 1 amide bonds. The first-order chi connectivity index (χ1) is 10.6. The maximum atomic E-state index is 13.5. The Bertz CT molecular complexity index is 503. The quantitative estimate of drug-likeness (QED) is 0.820. The number of carbonyl (C=O) groups is 1. The molecule has 1 aromatic carbocycles. The Kier molecular flexibility index (Phi) is 6.12. The van der Waals surface area contributed by atoms with Gasteiger partial charge in [0.25, 0.3) is 0 Å². The molecule has 0 atom stereocenters. The highest BCUT2D eigenvalue weighted by molar-refractivity contribution is 5.76. The molecule has 0 spiro atoms. The van der Waals surface area contributed by atoms with E-state index in [1.54, 1.807) is 0 Å². The summed E-state index contributed by atoms with van der Waals surface area (Å²) < 4.78 is 32.0. The zero-order valence-electron chi connectivity index (χ0n) is 12.8. The summed E-state index contributed by atoms with van der Waals surface area (Å²) >= 11 is 0. The van der Waals surface area contributed by atoms with Gasteiger partial charge in [-0.25, -0.2) is 8.78 Å². The van der Waals surface area contributed by atoms with Crippen LogP contribution in [0.3, 0.4) is 0 Å². The summed E-state index contributed by atoms with van der Waals surface area (Å²) in [5.74, 6) is -1.08. The molecule has 0 aliphatic carbocycles. The molecule has 0 radical (unpaired) electrons. The van der Waals surface area contributed by atoms with Crippen molar-refractivity contribution in [2.75, 3.05) is 26.7 Å². The summed E-state index contributed by atoms with van der Waals surface area (Å²) in [6.07, 6.45) is 2.55. The van der Waals surface area contributed by atoms with Crippen molar-refractivity contribution >= 4 is 5.91 Å². The molecule has 1 aliphatic rings. The number of amides is 1. The van der Waals surface area contributed by atoms with E-state index in [1.807, 2.05) is 11.9 Å². The van der Waals surface area contributed by atoms with Crippen LogP contribution in [0.25, 0.3) is 0 Å². The molecule has 6 heteroatoms. The molecule has 1 N–H and O–H groups in total. The number of benzene rings is 1. The molecule has 1 aliphatic heterocycles. The topological polar surface area (TPSA) is 41.6 Å².